The quantitative estimate of drug-likeness (QED) is 0.468. The van der Waals surface area contributed by atoms with Crippen LogP contribution < -0.4 is 10.1 Å². The van der Waals surface area contributed by atoms with Gasteiger partial charge >= 0.3 is 0 Å². The zero-order valence-electron chi connectivity index (χ0n) is 12.6. The minimum atomic E-state index is 0.728. The summed E-state index contributed by atoms with van der Waals surface area (Å²) in [5.41, 5.74) is 1.20. The Balaban J connectivity index is 2.27. The molecule has 1 aromatic rings. The van der Waals surface area contributed by atoms with Gasteiger partial charge < -0.3 is 14.8 Å². The summed E-state index contributed by atoms with van der Waals surface area (Å²) in [6, 6.07) is 8.21. The molecule has 0 amide bonds. The van der Waals surface area contributed by atoms with Crippen molar-refractivity contribution in [3.63, 3.8) is 0 Å². The largest absolute Gasteiger partial charge is 0.493 e. The molecule has 0 heterocycles. The van der Waals surface area contributed by atoms with E-state index in [2.05, 4.69) is 18.0 Å². The number of hydrogen-bond acceptors (Lipinski definition) is 3. The van der Waals surface area contributed by atoms with Crippen LogP contribution in [0.3, 0.4) is 0 Å². The molecule has 1 N–H and O–H groups in total. The predicted molar refractivity (Wildman–Crippen MR) is 84.2 cm³/mol. The summed E-state index contributed by atoms with van der Waals surface area (Å²) >= 11 is 0. The van der Waals surface area contributed by atoms with Gasteiger partial charge in [-0.3, -0.25) is 0 Å². The smallest absolute Gasteiger partial charge is 0.123 e. The normalized spacial score (nSPS) is 10.4. The Bertz CT molecular complexity index is 366. The average Bonchev–Trinajstić information content (AvgIpc) is 2.48. The fourth-order valence-corrected chi connectivity index (χ4v) is 1.94. The Kier molecular flexibility index (Phi) is 9.62. The molecule has 3 heteroatoms. The van der Waals surface area contributed by atoms with Gasteiger partial charge in [0.2, 0.25) is 0 Å². The molecule has 3 nitrogen and oxygen atoms in total. The van der Waals surface area contributed by atoms with Crippen LogP contribution in [-0.2, 0) is 11.3 Å². The second-order valence-corrected chi connectivity index (χ2v) is 4.76. The van der Waals surface area contributed by atoms with Crippen LogP contribution in [0.2, 0.25) is 0 Å². The summed E-state index contributed by atoms with van der Waals surface area (Å²) in [4.78, 5) is 0. The lowest BCUT2D eigenvalue weighted by Gasteiger charge is -2.12. The van der Waals surface area contributed by atoms with Gasteiger partial charge in [-0.25, -0.2) is 0 Å². The Morgan fingerprint density at radius 1 is 1.15 bits per heavy atom. The lowest BCUT2D eigenvalue weighted by molar-refractivity contribution is 0.199. The Morgan fingerprint density at radius 3 is 2.80 bits per heavy atom. The minimum absolute atomic E-state index is 0.728. The van der Waals surface area contributed by atoms with Crippen LogP contribution in [0, 0.1) is 0 Å². The number of methoxy groups -OCH3 is 1. The lowest BCUT2D eigenvalue weighted by atomic mass is 10.2. The summed E-state index contributed by atoms with van der Waals surface area (Å²) in [6.45, 7) is 6.91. The van der Waals surface area contributed by atoms with Crippen LogP contribution >= 0.6 is 0 Å². The van der Waals surface area contributed by atoms with Crippen LogP contribution in [0.4, 0.5) is 0 Å². The van der Waals surface area contributed by atoms with E-state index in [4.69, 9.17) is 9.47 Å². The van der Waals surface area contributed by atoms with Crippen molar-refractivity contribution in [3.05, 3.63) is 42.5 Å². The van der Waals surface area contributed by atoms with Gasteiger partial charge in [0.05, 0.1) is 13.2 Å². The second-order valence-electron chi connectivity index (χ2n) is 4.76. The van der Waals surface area contributed by atoms with Gasteiger partial charge in [0.15, 0.2) is 0 Å². The number of rotatable bonds is 12. The lowest BCUT2D eigenvalue weighted by Crippen LogP contribution is -2.19. The van der Waals surface area contributed by atoms with Crippen molar-refractivity contribution in [2.24, 2.45) is 0 Å². The number of ether oxygens (including phenoxy) is 2. The molecule has 0 aliphatic carbocycles. The molecule has 112 valence electrons. The molecule has 20 heavy (non-hydrogen) atoms. The van der Waals surface area contributed by atoms with Crippen LogP contribution in [0.1, 0.15) is 31.2 Å². The zero-order chi connectivity index (χ0) is 14.5. The molecule has 0 radical (unpaired) electrons. The molecule has 0 spiro atoms. The number of hydrogen-bond donors (Lipinski definition) is 1. The zero-order valence-corrected chi connectivity index (χ0v) is 12.6. The molecule has 0 aliphatic rings. The summed E-state index contributed by atoms with van der Waals surface area (Å²) in [5, 5.41) is 3.35. The van der Waals surface area contributed by atoms with E-state index in [9.17, 15) is 0 Å². The van der Waals surface area contributed by atoms with Gasteiger partial charge in [-0.1, -0.05) is 24.3 Å². The van der Waals surface area contributed by atoms with Gasteiger partial charge in [0.25, 0.3) is 0 Å². The molecular weight excluding hydrogens is 250 g/mol. The first-order valence-electron chi connectivity index (χ1n) is 7.39. The summed E-state index contributed by atoms with van der Waals surface area (Å²) < 4.78 is 10.9. The molecule has 0 saturated heterocycles. The van der Waals surface area contributed by atoms with Crippen molar-refractivity contribution in [1.82, 2.24) is 5.32 Å². The first-order chi connectivity index (χ1) is 9.88. The average molecular weight is 277 g/mol. The van der Waals surface area contributed by atoms with E-state index in [1.54, 1.807) is 7.11 Å². The fourth-order valence-electron chi connectivity index (χ4n) is 1.94. The summed E-state index contributed by atoms with van der Waals surface area (Å²) in [6.07, 6.45) is 6.56. The number of benzene rings is 1. The third kappa shape index (κ3) is 7.31. The van der Waals surface area contributed by atoms with Crippen molar-refractivity contribution < 1.29 is 9.47 Å². The molecule has 0 aromatic heterocycles. The second kappa shape index (κ2) is 11.5. The molecule has 0 atom stereocenters. The summed E-state index contributed by atoms with van der Waals surface area (Å²) in [7, 11) is 1.71. The molecule has 0 saturated carbocycles. The first-order valence-corrected chi connectivity index (χ1v) is 7.39. The van der Waals surface area contributed by atoms with E-state index < -0.39 is 0 Å². The minimum Gasteiger partial charge on any atom is -0.493 e. The Labute approximate surface area is 123 Å². The highest BCUT2D eigenvalue weighted by molar-refractivity contribution is 5.33. The van der Waals surface area contributed by atoms with Gasteiger partial charge in [-0.15, -0.1) is 6.58 Å². The van der Waals surface area contributed by atoms with E-state index in [-0.39, 0.29) is 0 Å². The van der Waals surface area contributed by atoms with Crippen LogP contribution in [0.15, 0.2) is 36.9 Å². The molecule has 0 fully saturated rings. The number of para-hydroxylation sites is 1. The van der Waals surface area contributed by atoms with Gasteiger partial charge in [-0.2, -0.15) is 0 Å². The number of unbranched alkanes of at least 4 members (excludes halogenated alkanes) is 3. The van der Waals surface area contributed by atoms with E-state index >= 15 is 0 Å². The molecule has 1 rings (SSSR count). The summed E-state index contributed by atoms with van der Waals surface area (Å²) in [5.74, 6) is 0.987. The van der Waals surface area contributed by atoms with E-state index in [0.717, 1.165) is 44.9 Å². The molecular formula is C17H27NO2. The van der Waals surface area contributed by atoms with Crippen LogP contribution in [0.25, 0.3) is 0 Å². The van der Waals surface area contributed by atoms with Gasteiger partial charge in [0, 0.05) is 25.8 Å². The third-order valence-electron chi connectivity index (χ3n) is 3.08. The van der Waals surface area contributed by atoms with Crippen LogP contribution in [0.5, 0.6) is 5.75 Å². The van der Waals surface area contributed by atoms with E-state index in [1.807, 2.05) is 24.3 Å². The van der Waals surface area contributed by atoms with Crippen molar-refractivity contribution in [3.8, 4) is 5.75 Å². The highest BCUT2D eigenvalue weighted by atomic mass is 16.5. The van der Waals surface area contributed by atoms with Gasteiger partial charge in [0.1, 0.15) is 5.75 Å². The van der Waals surface area contributed by atoms with Crippen molar-refractivity contribution >= 4 is 0 Å². The fraction of sp³-hybridized carbons (Fsp3) is 0.529. The standard InChI is InChI=1S/C17H27NO2/c1-3-4-5-6-9-13-20-17-11-8-7-10-16(17)15-18-12-14-19-2/h3,7-8,10-11,18H,1,4-6,9,12-15H2,2H3. The van der Waals surface area contributed by atoms with E-state index in [1.165, 1.54) is 18.4 Å². The number of allylic oxidation sites excluding steroid dienone is 1. The number of nitrogens with one attached hydrogen (secondary N) is 1. The van der Waals surface area contributed by atoms with E-state index in [0.29, 0.717) is 0 Å². The third-order valence-corrected chi connectivity index (χ3v) is 3.08. The molecule has 0 unspecified atom stereocenters. The maximum atomic E-state index is 5.88. The maximum absolute atomic E-state index is 5.88. The Hall–Kier alpha value is -1.32. The maximum Gasteiger partial charge on any atom is 0.123 e. The monoisotopic (exact) mass is 277 g/mol. The first kappa shape index (κ1) is 16.7. The van der Waals surface area contributed by atoms with Crippen molar-refractivity contribution in [2.45, 2.75) is 32.2 Å². The molecule has 0 bridgehead atoms. The molecule has 1 aromatic carbocycles. The van der Waals surface area contributed by atoms with Crippen LogP contribution in [-0.4, -0.2) is 26.9 Å². The highest BCUT2D eigenvalue weighted by Gasteiger charge is 2.02. The Morgan fingerprint density at radius 2 is 2.00 bits per heavy atom. The highest BCUT2D eigenvalue weighted by Crippen LogP contribution is 2.18. The SMILES string of the molecule is C=CCCCCCOc1ccccc1CNCCOC. The topological polar surface area (TPSA) is 30.5 Å². The van der Waals surface area contributed by atoms with Gasteiger partial charge in [-0.05, 0) is 31.7 Å². The van der Waals surface area contributed by atoms with Crippen molar-refractivity contribution in [2.75, 3.05) is 26.9 Å². The van der Waals surface area contributed by atoms with Crippen molar-refractivity contribution in [1.29, 1.82) is 0 Å². The predicted octanol–water partition coefficient (Wildman–Crippen LogP) is 3.55. The molecule has 0 aliphatic heterocycles.